The number of hydrogen-bond donors (Lipinski definition) is 1. The molecule has 0 bridgehead atoms. The standard InChI is InChI=1S/C22H22FNO5/c1-28-13-5-12-24-19(16-6-3-4-7-17(16)23)18(21(26)22(24)27)20(25)14-8-10-15(29-2)11-9-14/h3-4,6-11,19,25H,5,12-13H2,1-2H3/t19-/m1/s1. The van der Waals surface area contributed by atoms with E-state index in [1.807, 2.05) is 0 Å². The number of hydrogen-bond acceptors (Lipinski definition) is 5. The van der Waals surface area contributed by atoms with Crippen LogP contribution in [0.15, 0.2) is 54.1 Å². The van der Waals surface area contributed by atoms with Crippen LogP contribution < -0.4 is 4.74 Å². The highest BCUT2D eigenvalue weighted by Crippen LogP contribution is 2.40. The zero-order chi connectivity index (χ0) is 21.0. The molecule has 152 valence electrons. The smallest absolute Gasteiger partial charge is 0.295 e. The van der Waals surface area contributed by atoms with Crippen molar-refractivity contribution in [3.63, 3.8) is 0 Å². The number of likely N-dealkylation sites (tertiary alicyclic amines) is 1. The van der Waals surface area contributed by atoms with E-state index in [9.17, 15) is 19.1 Å². The minimum Gasteiger partial charge on any atom is -0.507 e. The zero-order valence-corrected chi connectivity index (χ0v) is 16.2. The zero-order valence-electron chi connectivity index (χ0n) is 16.2. The number of carbonyl (C=O) groups excluding carboxylic acids is 2. The maximum Gasteiger partial charge on any atom is 0.295 e. The van der Waals surface area contributed by atoms with Gasteiger partial charge in [0, 0.05) is 31.4 Å². The quantitative estimate of drug-likeness (QED) is 0.335. The summed E-state index contributed by atoms with van der Waals surface area (Å²) < 4.78 is 24.7. The second-order valence-corrected chi connectivity index (χ2v) is 6.59. The van der Waals surface area contributed by atoms with E-state index in [1.165, 1.54) is 37.3 Å². The molecule has 2 aromatic rings. The Morgan fingerprint density at radius 3 is 2.41 bits per heavy atom. The number of amides is 1. The Morgan fingerprint density at radius 2 is 1.79 bits per heavy atom. The highest BCUT2D eigenvalue weighted by Gasteiger charge is 2.46. The number of rotatable bonds is 7. The van der Waals surface area contributed by atoms with E-state index in [1.54, 1.807) is 30.3 Å². The third kappa shape index (κ3) is 4.00. The molecule has 0 unspecified atom stereocenters. The molecule has 1 atom stereocenters. The number of methoxy groups -OCH3 is 2. The van der Waals surface area contributed by atoms with Crippen LogP contribution in [0.1, 0.15) is 23.6 Å². The van der Waals surface area contributed by atoms with Gasteiger partial charge in [-0.25, -0.2) is 4.39 Å². The monoisotopic (exact) mass is 399 g/mol. The van der Waals surface area contributed by atoms with Crippen molar-refractivity contribution in [1.29, 1.82) is 0 Å². The van der Waals surface area contributed by atoms with Gasteiger partial charge in [0.25, 0.3) is 11.7 Å². The molecular weight excluding hydrogens is 377 g/mol. The van der Waals surface area contributed by atoms with E-state index >= 15 is 0 Å². The van der Waals surface area contributed by atoms with Crippen molar-refractivity contribution in [2.75, 3.05) is 27.4 Å². The van der Waals surface area contributed by atoms with Gasteiger partial charge in [-0.3, -0.25) is 9.59 Å². The molecule has 3 rings (SSSR count). The van der Waals surface area contributed by atoms with E-state index in [0.717, 1.165) is 0 Å². The fraction of sp³-hybridized carbons (Fsp3) is 0.273. The van der Waals surface area contributed by atoms with Crippen LogP contribution in [0.25, 0.3) is 5.76 Å². The molecule has 6 nitrogen and oxygen atoms in total. The summed E-state index contributed by atoms with van der Waals surface area (Å²) in [7, 11) is 3.05. The highest BCUT2D eigenvalue weighted by atomic mass is 19.1. The Bertz CT molecular complexity index is 938. The Kier molecular flexibility index (Phi) is 6.29. The Labute approximate surface area is 168 Å². The van der Waals surface area contributed by atoms with Crippen molar-refractivity contribution in [3.05, 3.63) is 71.0 Å². The Hall–Kier alpha value is -3.19. The number of halogens is 1. The van der Waals surface area contributed by atoms with Crippen LogP contribution in [0.4, 0.5) is 4.39 Å². The second kappa shape index (κ2) is 8.87. The van der Waals surface area contributed by atoms with Crippen LogP contribution in [0, 0.1) is 5.82 Å². The summed E-state index contributed by atoms with van der Waals surface area (Å²) in [6, 6.07) is 11.3. The van der Waals surface area contributed by atoms with Crippen molar-refractivity contribution < 1.29 is 28.6 Å². The molecule has 2 aromatic carbocycles. The average molecular weight is 399 g/mol. The summed E-state index contributed by atoms with van der Waals surface area (Å²) in [5.41, 5.74) is 0.351. The van der Waals surface area contributed by atoms with Crippen molar-refractivity contribution >= 4 is 17.4 Å². The van der Waals surface area contributed by atoms with Crippen molar-refractivity contribution in [3.8, 4) is 5.75 Å². The molecule has 0 aliphatic carbocycles. The summed E-state index contributed by atoms with van der Waals surface area (Å²) in [5, 5.41) is 10.9. The van der Waals surface area contributed by atoms with Crippen LogP contribution >= 0.6 is 0 Å². The molecule has 0 radical (unpaired) electrons. The first-order chi connectivity index (χ1) is 14.0. The summed E-state index contributed by atoms with van der Waals surface area (Å²) in [6.45, 7) is 0.572. The molecule has 1 aliphatic heterocycles. The molecule has 1 N–H and O–H groups in total. The van der Waals surface area contributed by atoms with Crippen LogP contribution in [0.2, 0.25) is 0 Å². The van der Waals surface area contributed by atoms with Crippen LogP contribution in [-0.4, -0.2) is 49.1 Å². The SMILES string of the molecule is COCCCN1C(=O)C(=O)C(=C(O)c2ccc(OC)cc2)[C@H]1c1ccccc1F. The number of aliphatic hydroxyl groups excluding tert-OH is 1. The summed E-state index contributed by atoms with van der Waals surface area (Å²) in [4.78, 5) is 26.8. The first-order valence-corrected chi connectivity index (χ1v) is 9.15. The molecule has 1 heterocycles. The number of Topliss-reactive ketones (excluding diaryl/α,β-unsaturated/α-hetero) is 1. The fourth-order valence-corrected chi connectivity index (χ4v) is 3.41. The first kappa shape index (κ1) is 20.5. The summed E-state index contributed by atoms with van der Waals surface area (Å²) in [6.07, 6.45) is 0.469. The van der Waals surface area contributed by atoms with E-state index in [2.05, 4.69) is 0 Å². The normalized spacial score (nSPS) is 18.3. The van der Waals surface area contributed by atoms with Gasteiger partial charge in [-0.2, -0.15) is 0 Å². The molecule has 1 fully saturated rings. The maximum absolute atomic E-state index is 14.6. The van der Waals surface area contributed by atoms with Crippen molar-refractivity contribution in [2.45, 2.75) is 12.5 Å². The predicted molar refractivity (Wildman–Crippen MR) is 105 cm³/mol. The van der Waals surface area contributed by atoms with E-state index < -0.39 is 23.5 Å². The van der Waals surface area contributed by atoms with E-state index in [0.29, 0.717) is 24.3 Å². The number of aliphatic hydroxyl groups is 1. The van der Waals surface area contributed by atoms with Gasteiger partial charge in [-0.1, -0.05) is 18.2 Å². The lowest BCUT2D eigenvalue weighted by atomic mass is 9.95. The largest absolute Gasteiger partial charge is 0.507 e. The molecule has 0 spiro atoms. The molecular formula is C22H22FNO5. The Balaban J connectivity index is 2.12. The van der Waals surface area contributed by atoms with E-state index in [4.69, 9.17) is 9.47 Å². The summed E-state index contributed by atoms with van der Waals surface area (Å²) >= 11 is 0. The second-order valence-electron chi connectivity index (χ2n) is 6.59. The first-order valence-electron chi connectivity index (χ1n) is 9.15. The van der Waals surface area contributed by atoms with Gasteiger partial charge in [0.15, 0.2) is 0 Å². The third-order valence-corrected chi connectivity index (χ3v) is 4.85. The number of benzene rings is 2. The topological polar surface area (TPSA) is 76.1 Å². The highest BCUT2D eigenvalue weighted by molar-refractivity contribution is 6.46. The molecule has 1 saturated heterocycles. The lowest BCUT2D eigenvalue weighted by Crippen LogP contribution is -2.31. The molecule has 0 aromatic heterocycles. The number of carbonyl (C=O) groups is 2. The van der Waals surface area contributed by atoms with Crippen molar-refractivity contribution in [2.24, 2.45) is 0 Å². The lowest BCUT2D eigenvalue weighted by Gasteiger charge is -2.25. The van der Waals surface area contributed by atoms with Gasteiger partial charge in [-0.05, 0) is 36.8 Å². The van der Waals surface area contributed by atoms with Gasteiger partial charge >= 0.3 is 0 Å². The average Bonchev–Trinajstić information content (AvgIpc) is 2.98. The molecule has 29 heavy (non-hydrogen) atoms. The van der Waals surface area contributed by atoms with E-state index in [-0.39, 0.29) is 23.4 Å². The number of ketones is 1. The number of nitrogens with zero attached hydrogens (tertiary/aromatic N) is 1. The Morgan fingerprint density at radius 1 is 1.10 bits per heavy atom. The minimum absolute atomic E-state index is 0.136. The summed E-state index contributed by atoms with van der Waals surface area (Å²) in [5.74, 6) is -1.95. The molecule has 1 aliphatic rings. The third-order valence-electron chi connectivity index (χ3n) is 4.85. The van der Waals surface area contributed by atoms with Gasteiger partial charge < -0.3 is 19.5 Å². The molecule has 0 saturated carbocycles. The number of ether oxygens (including phenoxy) is 2. The minimum atomic E-state index is -1.02. The van der Waals surface area contributed by atoms with Crippen LogP contribution in [-0.2, 0) is 14.3 Å². The lowest BCUT2D eigenvalue weighted by molar-refractivity contribution is -0.140. The maximum atomic E-state index is 14.6. The fourth-order valence-electron chi connectivity index (χ4n) is 3.41. The van der Waals surface area contributed by atoms with Gasteiger partial charge in [0.1, 0.15) is 17.3 Å². The van der Waals surface area contributed by atoms with Gasteiger partial charge in [0.2, 0.25) is 0 Å². The molecule has 7 heteroatoms. The van der Waals surface area contributed by atoms with Gasteiger partial charge in [-0.15, -0.1) is 0 Å². The predicted octanol–water partition coefficient (Wildman–Crippen LogP) is 3.29. The molecule has 1 amide bonds. The van der Waals surface area contributed by atoms with Crippen molar-refractivity contribution in [1.82, 2.24) is 4.90 Å². The van der Waals surface area contributed by atoms with Crippen LogP contribution in [0.3, 0.4) is 0 Å². The van der Waals surface area contributed by atoms with Crippen LogP contribution in [0.5, 0.6) is 5.75 Å². The van der Waals surface area contributed by atoms with Gasteiger partial charge in [0.05, 0.1) is 18.7 Å².